The number of halogens is 1. The van der Waals surface area contributed by atoms with Crippen molar-refractivity contribution in [1.82, 2.24) is 0 Å². The summed E-state index contributed by atoms with van der Waals surface area (Å²) in [5.41, 5.74) is 1.71. The molecule has 0 radical (unpaired) electrons. The van der Waals surface area contributed by atoms with Crippen molar-refractivity contribution in [2.45, 2.75) is 6.04 Å². The van der Waals surface area contributed by atoms with Gasteiger partial charge in [0.1, 0.15) is 11.8 Å². The van der Waals surface area contributed by atoms with E-state index in [2.05, 4.69) is 27.3 Å². The van der Waals surface area contributed by atoms with Gasteiger partial charge in [0.25, 0.3) is 0 Å². The lowest BCUT2D eigenvalue weighted by Gasteiger charge is -2.16. The van der Waals surface area contributed by atoms with E-state index < -0.39 is 6.04 Å². The Labute approximate surface area is 121 Å². The van der Waals surface area contributed by atoms with Crippen LogP contribution in [0.5, 0.6) is 5.75 Å². The average Bonchev–Trinajstić information content (AvgIpc) is 2.45. The molecule has 1 atom stereocenters. The molecule has 19 heavy (non-hydrogen) atoms. The topological polar surface area (TPSA) is 45.0 Å². The van der Waals surface area contributed by atoms with Crippen molar-refractivity contribution in [1.29, 1.82) is 5.26 Å². The van der Waals surface area contributed by atoms with Gasteiger partial charge in [0.2, 0.25) is 0 Å². The minimum atomic E-state index is -0.422. The van der Waals surface area contributed by atoms with Crippen molar-refractivity contribution in [2.24, 2.45) is 0 Å². The molecule has 96 valence electrons. The maximum atomic E-state index is 9.33. The van der Waals surface area contributed by atoms with Gasteiger partial charge in [0.05, 0.1) is 18.9 Å². The molecule has 0 saturated carbocycles. The number of methoxy groups -OCH3 is 1. The number of nitriles is 1. The summed E-state index contributed by atoms with van der Waals surface area (Å²) in [5.74, 6) is 0.720. The molecule has 0 heterocycles. The van der Waals surface area contributed by atoms with Gasteiger partial charge in [-0.05, 0) is 29.8 Å². The molecule has 4 heteroatoms. The van der Waals surface area contributed by atoms with Crippen molar-refractivity contribution in [3.63, 3.8) is 0 Å². The van der Waals surface area contributed by atoms with Crippen LogP contribution in [0.1, 0.15) is 11.6 Å². The Hall–Kier alpha value is -1.99. The van der Waals surface area contributed by atoms with Crippen molar-refractivity contribution in [3.05, 3.63) is 58.6 Å². The summed E-state index contributed by atoms with van der Waals surface area (Å²) in [5, 5.41) is 12.5. The summed E-state index contributed by atoms with van der Waals surface area (Å²) in [6.45, 7) is 0. The Morgan fingerprint density at radius 2 is 2.00 bits per heavy atom. The van der Waals surface area contributed by atoms with Gasteiger partial charge >= 0.3 is 0 Å². The van der Waals surface area contributed by atoms with Crippen LogP contribution in [0.3, 0.4) is 0 Å². The summed E-state index contributed by atoms with van der Waals surface area (Å²) in [7, 11) is 1.61. The minimum Gasteiger partial charge on any atom is -0.495 e. The molecule has 0 aliphatic heterocycles. The molecule has 0 fully saturated rings. The van der Waals surface area contributed by atoms with Crippen molar-refractivity contribution >= 4 is 21.6 Å². The minimum absolute atomic E-state index is 0.422. The molecule has 0 aromatic heterocycles. The molecular weight excluding hydrogens is 304 g/mol. The fraction of sp³-hybridized carbons (Fsp3) is 0.133. The first kappa shape index (κ1) is 13.4. The third kappa shape index (κ3) is 3.27. The maximum absolute atomic E-state index is 9.33. The Bertz CT molecular complexity index is 607. The normalized spacial score (nSPS) is 11.4. The SMILES string of the molecule is COc1ccccc1NC(C#N)c1cccc(Br)c1. The Morgan fingerprint density at radius 1 is 1.21 bits per heavy atom. The van der Waals surface area contributed by atoms with Gasteiger partial charge in [-0.15, -0.1) is 0 Å². The number of rotatable bonds is 4. The second-order valence-electron chi connectivity index (χ2n) is 3.96. The van der Waals surface area contributed by atoms with Gasteiger partial charge in [0.15, 0.2) is 0 Å². The first-order chi connectivity index (χ1) is 9.24. The van der Waals surface area contributed by atoms with Gasteiger partial charge in [-0.2, -0.15) is 5.26 Å². The van der Waals surface area contributed by atoms with Crippen molar-refractivity contribution in [2.75, 3.05) is 12.4 Å². The summed E-state index contributed by atoms with van der Waals surface area (Å²) < 4.78 is 6.22. The standard InChI is InChI=1S/C15H13BrN2O/c1-19-15-8-3-2-7-13(15)18-14(10-17)11-5-4-6-12(16)9-11/h2-9,14,18H,1H3. The number of nitrogens with one attached hydrogen (secondary N) is 1. The number of hydrogen-bond acceptors (Lipinski definition) is 3. The predicted molar refractivity (Wildman–Crippen MR) is 79.1 cm³/mol. The number of nitrogens with zero attached hydrogens (tertiary/aromatic N) is 1. The fourth-order valence-corrected chi connectivity index (χ4v) is 2.21. The zero-order chi connectivity index (χ0) is 13.7. The second kappa shape index (κ2) is 6.26. The van der Waals surface area contributed by atoms with Crippen LogP contribution < -0.4 is 10.1 Å². The summed E-state index contributed by atoms with van der Waals surface area (Å²) >= 11 is 3.41. The van der Waals surface area contributed by atoms with E-state index in [0.29, 0.717) is 0 Å². The first-order valence-corrected chi connectivity index (χ1v) is 6.58. The van der Waals surface area contributed by atoms with Crippen LogP contribution in [0.4, 0.5) is 5.69 Å². The van der Waals surface area contributed by atoms with Crippen LogP contribution in [0.2, 0.25) is 0 Å². The molecule has 1 unspecified atom stereocenters. The predicted octanol–water partition coefficient (Wildman–Crippen LogP) is 4.13. The third-order valence-electron chi connectivity index (χ3n) is 2.72. The lowest BCUT2D eigenvalue weighted by Crippen LogP contribution is -2.09. The van der Waals surface area contributed by atoms with E-state index in [4.69, 9.17) is 4.74 Å². The third-order valence-corrected chi connectivity index (χ3v) is 3.21. The quantitative estimate of drug-likeness (QED) is 0.922. The molecule has 0 aliphatic carbocycles. The molecule has 2 rings (SSSR count). The van der Waals surface area contributed by atoms with E-state index in [-0.39, 0.29) is 0 Å². The van der Waals surface area contributed by atoms with Crippen molar-refractivity contribution < 1.29 is 4.74 Å². The molecule has 1 N–H and O–H groups in total. The highest BCUT2D eigenvalue weighted by molar-refractivity contribution is 9.10. The summed E-state index contributed by atoms with van der Waals surface area (Å²) in [4.78, 5) is 0. The zero-order valence-corrected chi connectivity index (χ0v) is 12.0. The van der Waals surface area contributed by atoms with Gasteiger partial charge in [0, 0.05) is 4.47 Å². The number of benzene rings is 2. The lowest BCUT2D eigenvalue weighted by atomic mass is 10.1. The van der Waals surface area contributed by atoms with E-state index in [1.54, 1.807) is 7.11 Å². The van der Waals surface area contributed by atoms with E-state index >= 15 is 0 Å². The molecular formula is C15H13BrN2O. The monoisotopic (exact) mass is 316 g/mol. The number of para-hydroxylation sites is 2. The Kier molecular flexibility index (Phi) is 4.43. The molecule has 2 aromatic rings. The van der Waals surface area contributed by atoms with E-state index in [0.717, 1.165) is 21.5 Å². The number of hydrogen-bond donors (Lipinski definition) is 1. The van der Waals surface area contributed by atoms with E-state index in [1.165, 1.54) is 0 Å². The maximum Gasteiger partial charge on any atom is 0.141 e. The molecule has 3 nitrogen and oxygen atoms in total. The summed E-state index contributed by atoms with van der Waals surface area (Å²) in [6.07, 6.45) is 0. The lowest BCUT2D eigenvalue weighted by molar-refractivity contribution is 0.416. The van der Waals surface area contributed by atoms with Crippen LogP contribution >= 0.6 is 15.9 Å². The molecule has 0 aliphatic rings. The van der Waals surface area contributed by atoms with E-state index in [1.807, 2.05) is 48.5 Å². The Balaban J connectivity index is 2.27. The van der Waals surface area contributed by atoms with Crippen LogP contribution in [-0.2, 0) is 0 Å². The molecule has 0 spiro atoms. The largest absolute Gasteiger partial charge is 0.495 e. The highest BCUT2D eigenvalue weighted by Gasteiger charge is 2.12. The van der Waals surface area contributed by atoms with Crippen LogP contribution in [-0.4, -0.2) is 7.11 Å². The number of ether oxygens (including phenoxy) is 1. The second-order valence-corrected chi connectivity index (χ2v) is 4.88. The smallest absolute Gasteiger partial charge is 0.141 e. The van der Waals surface area contributed by atoms with Gasteiger partial charge in [-0.25, -0.2) is 0 Å². The van der Waals surface area contributed by atoms with Gasteiger partial charge in [-0.3, -0.25) is 0 Å². The van der Waals surface area contributed by atoms with E-state index in [9.17, 15) is 5.26 Å². The van der Waals surface area contributed by atoms with Gasteiger partial charge < -0.3 is 10.1 Å². The fourth-order valence-electron chi connectivity index (χ4n) is 1.80. The highest BCUT2D eigenvalue weighted by atomic mass is 79.9. The number of anilines is 1. The van der Waals surface area contributed by atoms with Crippen LogP contribution in [0.15, 0.2) is 53.0 Å². The summed E-state index contributed by atoms with van der Waals surface area (Å²) in [6, 6.07) is 17.1. The van der Waals surface area contributed by atoms with Crippen LogP contribution in [0.25, 0.3) is 0 Å². The Morgan fingerprint density at radius 3 is 2.68 bits per heavy atom. The highest BCUT2D eigenvalue weighted by Crippen LogP contribution is 2.28. The molecule has 0 amide bonds. The average molecular weight is 317 g/mol. The van der Waals surface area contributed by atoms with Gasteiger partial charge in [-0.1, -0.05) is 40.2 Å². The van der Waals surface area contributed by atoms with Crippen LogP contribution in [0, 0.1) is 11.3 Å². The first-order valence-electron chi connectivity index (χ1n) is 5.79. The molecule has 2 aromatic carbocycles. The van der Waals surface area contributed by atoms with Crippen molar-refractivity contribution in [3.8, 4) is 11.8 Å². The molecule has 0 saturated heterocycles. The zero-order valence-electron chi connectivity index (χ0n) is 10.4. The molecule has 0 bridgehead atoms.